The minimum absolute atomic E-state index is 0.256. The monoisotopic (exact) mass is 435 g/mol. The SMILES string of the molecule is CCOC(=O)C(NC(=O)N1CCC(c2cnc(C)c3[nH]c(C)nc23)CC1)c1ccccc1. The molecule has 1 fully saturated rings. The molecule has 2 N–H and O–H groups in total. The zero-order chi connectivity index (χ0) is 22.7. The van der Waals surface area contributed by atoms with Crippen molar-refractivity contribution < 1.29 is 14.3 Å². The molecule has 3 heterocycles. The Hall–Kier alpha value is -3.42. The molecule has 0 spiro atoms. The number of nitrogens with one attached hydrogen (secondary N) is 2. The number of rotatable bonds is 5. The average Bonchev–Trinajstić information content (AvgIpc) is 3.21. The van der Waals surface area contributed by atoms with E-state index < -0.39 is 12.0 Å². The van der Waals surface area contributed by atoms with Gasteiger partial charge in [0, 0.05) is 24.8 Å². The lowest BCUT2D eigenvalue weighted by atomic mass is 9.89. The van der Waals surface area contributed by atoms with Gasteiger partial charge in [0.1, 0.15) is 5.82 Å². The predicted octanol–water partition coefficient (Wildman–Crippen LogP) is 3.77. The molecular formula is C24H29N5O3. The van der Waals surface area contributed by atoms with Gasteiger partial charge in [-0.25, -0.2) is 14.6 Å². The molecule has 0 aliphatic carbocycles. The average molecular weight is 436 g/mol. The van der Waals surface area contributed by atoms with Gasteiger partial charge in [0.15, 0.2) is 6.04 Å². The first-order valence-electron chi connectivity index (χ1n) is 11.1. The van der Waals surface area contributed by atoms with Gasteiger partial charge in [-0.15, -0.1) is 0 Å². The fourth-order valence-electron chi connectivity index (χ4n) is 4.31. The molecule has 168 valence electrons. The van der Waals surface area contributed by atoms with Crippen LogP contribution >= 0.6 is 0 Å². The van der Waals surface area contributed by atoms with Crippen LogP contribution < -0.4 is 5.32 Å². The van der Waals surface area contributed by atoms with E-state index in [2.05, 4.69) is 20.3 Å². The maximum Gasteiger partial charge on any atom is 0.333 e. The highest BCUT2D eigenvalue weighted by Crippen LogP contribution is 2.32. The van der Waals surface area contributed by atoms with Crippen molar-refractivity contribution in [3.05, 3.63) is 59.2 Å². The minimum atomic E-state index is -0.825. The van der Waals surface area contributed by atoms with Crippen LogP contribution in [0.5, 0.6) is 0 Å². The van der Waals surface area contributed by atoms with Crippen LogP contribution in [0.15, 0.2) is 36.5 Å². The number of hydrogen-bond acceptors (Lipinski definition) is 5. The molecule has 2 amide bonds. The summed E-state index contributed by atoms with van der Waals surface area (Å²) in [5.74, 6) is 0.705. The summed E-state index contributed by atoms with van der Waals surface area (Å²) in [6.07, 6.45) is 3.55. The second-order valence-electron chi connectivity index (χ2n) is 8.15. The second-order valence-corrected chi connectivity index (χ2v) is 8.15. The van der Waals surface area contributed by atoms with Crippen molar-refractivity contribution >= 4 is 23.0 Å². The highest BCUT2D eigenvalue weighted by atomic mass is 16.5. The van der Waals surface area contributed by atoms with Crippen molar-refractivity contribution in [1.82, 2.24) is 25.2 Å². The van der Waals surface area contributed by atoms with Crippen molar-refractivity contribution in [2.75, 3.05) is 19.7 Å². The Morgan fingerprint density at radius 3 is 2.62 bits per heavy atom. The summed E-state index contributed by atoms with van der Waals surface area (Å²) in [4.78, 5) is 39.7. The van der Waals surface area contributed by atoms with E-state index >= 15 is 0 Å². The second kappa shape index (κ2) is 9.38. The number of aromatic nitrogens is 3. The summed E-state index contributed by atoms with van der Waals surface area (Å²) in [6, 6.07) is 8.10. The Balaban J connectivity index is 1.44. The number of likely N-dealkylation sites (tertiary alicyclic amines) is 1. The summed E-state index contributed by atoms with van der Waals surface area (Å²) in [5.41, 5.74) is 4.73. The highest BCUT2D eigenvalue weighted by Gasteiger charge is 2.30. The number of pyridine rings is 1. The lowest BCUT2D eigenvalue weighted by Crippen LogP contribution is -2.47. The number of urea groups is 1. The standard InChI is InChI=1S/C24H29N5O3/c1-4-32-23(30)21(18-8-6-5-7-9-18)28-24(31)29-12-10-17(11-13-29)19-14-25-15(2)20-22(19)27-16(3)26-20/h5-9,14,17,21H,4,10-13H2,1-3H3,(H,26,27)(H,28,31). The molecule has 1 aliphatic rings. The molecule has 0 bridgehead atoms. The van der Waals surface area contributed by atoms with Crippen molar-refractivity contribution in [3.8, 4) is 0 Å². The fraction of sp³-hybridized carbons (Fsp3) is 0.417. The number of aryl methyl sites for hydroxylation is 2. The van der Waals surface area contributed by atoms with Gasteiger partial charge in [0.2, 0.25) is 0 Å². The van der Waals surface area contributed by atoms with Gasteiger partial charge < -0.3 is 19.9 Å². The van der Waals surface area contributed by atoms with Gasteiger partial charge in [-0.05, 0) is 45.1 Å². The molecule has 32 heavy (non-hydrogen) atoms. The summed E-state index contributed by atoms with van der Waals surface area (Å²) in [5, 5.41) is 2.87. The maximum atomic E-state index is 13.0. The number of benzene rings is 1. The number of amides is 2. The number of hydrogen-bond donors (Lipinski definition) is 2. The molecule has 0 radical (unpaired) electrons. The Kier molecular flexibility index (Phi) is 6.39. The molecule has 1 saturated heterocycles. The van der Waals surface area contributed by atoms with E-state index in [1.165, 1.54) is 0 Å². The number of esters is 1. The van der Waals surface area contributed by atoms with E-state index in [4.69, 9.17) is 4.74 Å². The molecule has 8 heteroatoms. The van der Waals surface area contributed by atoms with E-state index in [1.807, 2.05) is 50.4 Å². The first-order valence-corrected chi connectivity index (χ1v) is 11.1. The first-order chi connectivity index (χ1) is 15.5. The molecular weight excluding hydrogens is 406 g/mol. The number of carbonyl (C=O) groups excluding carboxylic acids is 2. The molecule has 4 rings (SSSR count). The number of nitrogens with zero attached hydrogens (tertiary/aromatic N) is 3. The van der Waals surface area contributed by atoms with E-state index in [1.54, 1.807) is 11.8 Å². The van der Waals surface area contributed by atoms with Gasteiger partial charge in [-0.1, -0.05) is 30.3 Å². The van der Waals surface area contributed by atoms with Crippen molar-refractivity contribution in [2.24, 2.45) is 0 Å². The van der Waals surface area contributed by atoms with Gasteiger partial charge in [0.05, 0.1) is 23.3 Å². The zero-order valence-corrected chi connectivity index (χ0v) is 18.7. The highest BCUT2D eigenvalue weighted by molar-refractivity contribution is 5.85. The predicted molar refractivity (Wildman–Crippen MR) is 121 cm³/mol. The zero-order valence-electron chi connectivity index (χ0n) is 18.7. The lowest BCUT2D eigenvalue weighted by Gasteiger charge is -2.33. The number of H-pyrrole nitrogens is 1. The Morgan fingerprint density at radius 2 is 1.94 bits per heavy atom. The summed E-state index contributed by atoms with van der Waals surface area (Å²) < 4.78 is 5.19. The third-order valence-electron chi connectivity index (χ3n) is 6.00. The van der Waals surface area contributed by atoms with E-state index in [0.29, 0.717) is 18.7 Å². The molecule has 1 unspecified atom stereocenters. The van der Waals surface area contributed by atoms with Crippen molar-refractivity contribution in [3.63, 3.8) is 0 Å². The molecule has 1 aliphatic heterocycles. The normalized spacial score (nSPS) is 15.5. The number of fused-ring (bicyclic) bond motifs is 1. The maximum absolute atomic E-state index is 13.0. The van der Waals surface area contributed by atoms with Gasteiger partial charge in [-0.2, -0.15) is 0 Å². The molecule has 2 aromatic heterocycles. The van der Waals surface area contributed by atoms with Crippen LogP contribution in [0.4, 0.5) is 4.79 Å². The van der Waals surface area contributed by atoms with Crippen LogP contribution in [0.3, 0.4) is 0 Å². The van der Waals surface area contributed by atoms with Crippen LogP contribution in [0.1, 0.15) is 54.4 Å². The van der Waals surface area contributed by atoms with Crippen LogP contribution in [-0.2, 0) is 9.53 Å². The summed E-state index contributed by atoms with van der Waals surface area (Å²) >= 11 is 0. The minimum Gasteiger partial charge on any atom is -0.464 e. The third-order valence-corrected chi connectivity index (χ3v) is 6.00. The number of imidazole rings is 1. The van der Waals surface area contributed by atoms with E-state index in [-0.39, 0.29) is 18.6 Å². The van der Waals surface area contributed by atoms with Crippen LogP contribution in [0, 0.1) is 13.8 Å². The Labute approximate surface area is 187 Å². The lowest BCUT2D eigenvalue weighted by molar-refractivity contribution is -0.145. The molecule has 0 saturated carbocycles. The van der Waals surface area contributed by atoms with Crippen LogP contribution in [0.25, 0.3) is 11.0 Å². The fourth-order valence-corrected chi connectivity index (χ4v) is 4.31. The van der Waals surface area contributed by atoms with Crippen LogP contribution in [-0.4, -0.2) is 51.5 Å². The summed E-state index contributed by atoms with van der Waals surface area (Å²) in [6.45, 7) is 7.13. The molecule has 1 aromatic carbocycles. The number of aromatic amines is 1. The topological polar surface area (TPSA) is 100 Å². The van der Waals surface area contributed by atoms with Gasteiger partial charge >= 0.3 is 12.0 Å². The van der Waals surface area contributed by atoms with Gasteiger partial charge in [-0.3, -0.25) is 4.98 Å². The van der Waals surface area contributed by atoms with Gasteiger partial charge in [0.25, 0.3) is 0 Å². The summed E-state index contributed by atoms with van der Waals surface area (Å²) in [7, 11) is 0. The Bertz CT molecular complexity index is 1100. The van der Waals surface area contributed by atoms with Crippen LogP contribution in [0.2, 0.25) is 0 Å². The van der Waals surface area contributed by atoms with E-state index in [9.17, 15) is 9.59 Å². The number of carbonyl (C=O) groups is 2. The molecule has 1 atom stereocenters. The largest absolute Gasteiger partial charge is 0.464 e. The van der Waals surface area contributed by atoms with E-state index in [0.717, 1.165) is 41.0 Å². The van der Waals surface area contributed by atoms with Crippen molar-refractivity contribution in [1.29, 1.82) is 0 Å². The quantitative estimate of drug-likeness (QED) is 0.594. The number of piperidine rings is 1. The molecule has 8 nitrogen and oxygen atoms in total. The molecule has 3 aromatic rings. The smallest absolute Gasteiger partial charge is 0.333 e. The third kappa shape index (κ3) is 4.44. The Morgan fingerprint density at radius 1 is 1.22 bits per heavy atom. The first kappa shape index (κ1) is 21.8. The van der Waals surface area contributed by atoms with Crippen molar-refractivity contribution in [2.45, 2.75) is 45.6 Å². The number of ether oxygens (including phenoxy) is 1.